The Morgan fingerprint density at radius 3 is 2.58 bits per heavy atom. The molecule has 0 bridgehead atoms. The number of hydrogen-bond acceptors (Lipinski definition) is 3. The van der Waals surface area contributed by atoms with Gasteiger partial charge in [0.15, 0.2) is 0 Å². The summed E-state index contributed by atoms with van der Waals surface area (Å²) in [6, 6.07) is 2.22. The van der Waals surface area contributed by atoms with Gasteiger partial charge in [0.2, 0.25) is 0 Å². The van der Waals surface area contributed by atoms with Crippen LogP contribution in [0.5, 0.6) is 0 Å². The van der Waals surface area contributed by atoms with E-state index < -0.39 is 0 Å². The minimum absolute atomic E-state index is 0.735. The smallest absolute Gasteiger partial charge is 0.0625 e. The number of aryl methyl sites for hydroxylation is 2. The topological polar surface area (TPSA) is 41.9 Å². The molecule has 1 rings (SSSR count). The van der Waals surface area contributed by atoms with Crippen LogP contribution in [-0.2, 0) is 19.5 Å². The molecule has 1 aromatic rings. The highest BCUT2D eigenvalue weighted by atomic mass is 15.3. The molecule has 0 radical (unpaired) electrons. The lowest BCUT2D eigenvalue weighted by Gasteiger charge is -2.08. The summed E-state index contributed by atoms with van der Waals surface area (Å²) in [6.07, 6.45) is 2.19. The molecular weight excluding hydrogens is 236 g/mol. The van der Waals surface area contributed by atoms with Crippen LogP contribution in [-0.4, -0.2) is 29.4 Å². The van der Waals surface area contributed by atoms with Crippen molar-refractivity contribution in [1.82, 2.24) is 20.4 Å². The van der Waals surface area contributed by atoms with Gasteiger partial charge in [-0.05, 0) is 51.4 Å². The van der Waals surface area contributed by atoms with E-state index in [0.717, 1.165) is 45.1 Å². The molecule has 4 nitrogen and oxygen atoms in total. The van der Waals surface area contributed by atoms with Crippen LogP contribution in [0, 0.1) is 5.92 Å². The van der Waals surface area contributed by atoms with Crippen LogP contribution in [0.4, 0.5) is 0 Å². The Bertz CT molecular complexity index is 344. The van der Waals surface area contributed by atoms with Gasteiger partial charge in [-0.1, -0.05) is 20.8 Å². The Balaban J connectivity index is 2.16. The minimum Gasteiger partial charge on any atom is -0.316 e. The van der Waals surface area contributed by atoms with Gasteiger partial charge in [0.25, 0.3) is 0 Å². The van der Waals surface area contributed by atoms with E-state index in [2.05, 4.69) is 54.2 Å². The zero-order valence-corrected chi connectivity index (χ0v) is 13.0. The average Bonchev–Trinajstić information content (AvgIpc) is 2.79. The fourth-order valence-electron chi connectivity index (χ4n) is 2.05. The highest BCUT2D eigenvalue weighted by Gasteiger charge is 2.04. The predicted molar refractivity (Wildman–Crippen MR) is 81.3 cm³/mol. The van der Waals surface area contributed by atoms with Gasteiger partial charge in [-0.3, -0.25) is 4.68 Å². The van der Waals surface area contributed by atoms with E-state index >= 15 is 0 Å². The van der Waals surface area contributed by atoms with E-state index in [4.69, 9.17) is 0 Å². The van der Waals surface area contributed by atoms with Crippen molar-refractivity contribution < 1.29 is 0 Å². The molecule has 0 fully saturated rings. The maximum atomic E-state index is 4.56. The number of aromatic nitrogens is 2. The molecule has 0 unspecified atom stereocenters. The SMILES string of the molecule is CCc1cc(CNCCCNCC(C)C)n(CC)n1. The molecule has 0 saturated carbocycles. The maximum Gasteiger partial charge on any atom is 0.0625 e. The third-order valence-corrected chi connectivity index (χ3v) is 3.14. The van der Waals surface area contributed by atoms with Crippen LogP contribution in [0.3, 0.4) is 0 Å². The summed E-state index contributed by atoms with van der Waals surface area (Å²) < 4.78 is 2.10. The summed E-state index contributed by atoms with van der Waals surface area (Å²) in [6.45, 7) is 13.9. The molecule has 0 saturated heterocycles. The first kappa shape index (κ1) is 16.2. The van der Waals surface area contributed by atoms with Gasteiger partial charge in [-0.15, -0.1) is 0 Å². The summed E-state index contributed by atoms with van der Waals surface area (Å²) in [5.41, 5.74) is 2.49. The maximum absolute atomic E-state index is 4.56. The summed E-state index contributed by atoms with van der Waals surface area (Å²) in [4.78, 5) is 0. The fraction of sp³-hybridized carbons (Fsp3) is 0.800. The van der Waals surface area contributed by atoms with E-state index in [1.807, 2.05) is 0 Å². The zero-order valence-electron chi connectivity index (χ0n) is 13.0. The van der Waals surface area contributed by atoms with Crippen LogP contribution in [0.25, 0.3) is 0 Å². The second kappa shape index (κ2) is 9.10. The highest BCUT2D eigenvalue weighted by molar-refractivity contribution is 5.10. The Morgan fingerprint density at radius 1 is 1.21 bits per heavy atom. The molecule has 0 aliphatic heterocycles. The monoisotopic (exact) mass is 266 g/mol. The molecule has 1 heterocycles. The molecule has 0 amide bonds. The van der Waals surface area contributed by atoms with Crippen molar-refractivity contribution in [3.05, 3.63) is 17.5 Å². The second-order valence-electron chi connectivity index (χ2n) is 5.42. The summed E-state index contributed by atoms with van der Waals surface area (Å²) in [5, 5.41) is 11.5. The first-order valence-corrected chi connectivity index (χ1v) is 7.64. The number of nitrogens with zero attached hydrogens (tertiary/aromatic N) is 2. The Labute approximate surface area is 118 Å². The van der Waals surface area contributed by atoms with E-state index in [1.54, 1.807) is 0 Å². The summed E-state index contributed by atoms with van der Waals surface area (Å²) in [5.74, 6) is 0.735. The number of nitrogens with one attached hydrogen (secondary N) is 2. The van der Waals surface area contributed by atoms with Crippen molar-refractivity contribution in [2.45, 2.75) is 53.6 Å². The molecule has 1 aromatic heterocycles. The average molecular weight is 266 g/mol. The van der Waals surface area contributed by atoms with Crippen LogP contribution < -0.4 is 10.6 Å². The van der Waals surface area contributed by atoms with Gasteiger partial charge >= 0.3 is 0 Å². The fourth-order valence-corrected chi connectivity index (χ4v) is 2.05. The van der Waals surface area contributed by atoms with Crippen molar-refractivity contribution >= 4 is 0 Å². The normalized spacial score (nSPS) is 11.4. The summed E-state index contributed by atoms with van der Waals surface area (Å²) in [7, 11) is 0. The Morgan fingerprint density at radius 2 is 1.95 bits per heavy atom. The van der Waals surface area contributed by atoms with Crippen LogP contribution in [0.15, 0.2) is 6.07 Å². The van der Waals surface area contributed by atoms with Gasteiger partial charge in [-0.25, -0.2) is 0 Å². The molecule has 19 heavy (non-hydrogen) atoms. The first-order valence-electron chi connectivity index (χ1n) is 7.64. The second-order valence-corrected chi connectivity index (χ2v) is 5.42. The van der Waals surface area contributed by atoms with Crippen LogP contribution in [0.1, 0.15) is 45.5 Å². The lowest BCUT2D eigenvalue weighted by Crippen LogP contribution is -2.25. The molecule has 110 valence electrons. The Kier molecular flexibility index (Phi) is 7.75. The molecule has 0 spiro atoms. The molecule has 2 N–H and O–H groups in total. The molecule has 0 aromatic carbocycles. The van der Waals surface area contributed by atoms with Crippen molar-refractivity contribution in [1.29, 1.82) is 0 Å². The molecule has 0 atom stereocenters. The number of rotatable bonds is 10. The van der Waals surface area contributed by atoms with Crippen molar-refractivity contribution in [2.24, 2.45) is 5.92 Å². The van der Waals surface area contributed by atoms with Gasteiger partial charge in [0.05, 0.1) is 11.4 Å². The van der Waals surface area contributed by atoms with Gasteiger partial charge in [0, 0.05) is 13.1 Å². The first-order chi connectivity index (χ1) is 9.17. The quantitative estimate of drug-likeness (QED) is 0.638. The van der Waals surface area contributed by atoms with Crippen molar-refractivity contribution in [3.8, 4) is 0 Å². The van der Waals surface area contributed by atoms with Crippen molar-refractivity contribution in [3.63, 3.8) is 0 Å². The highest BCUT2D eigenvalue weighted by Crippen LogP contribution is 2.05. The van der Waals surface area contributed by atoms with E-state index in [-0.39, 0.29) is 0 Å². The zero-order chi connectivity index (χ0) is 14.1. The molecule has 4 heteroatoms. The molecule has 0 aliphatic rings. The van der Waals surface area contributed by atoms with Gasteiger partial charge in [-0.2, -0.15) is 5.10 Å². The third kappa shape index (κ3) is 6.21. The van der Waals surface area contributed by atoms with Gasteiger partial charge < -0.3 is 10.6 Å². The van der Waals surface area contributed by atoms with Gasteiger partial charge in [0.1, 0.15) is 0 Å². The number of hydrogen-bond donors (Lipinski definition) is 2. The third-order valence-electron chi connectivity index (χ3n) is 3.14. The predicted octanol–water partition coefficient (Wildman–Crippen LogP) is 2.19. The Hall–Kier alpha value is -0.870. The summed E-state index contributed by atoms with van der Waals surface area (Å²) >= 11 is 0. The lowest BCUT2D eigenvalue weighted by atomic mass is 10.2. The van der Waals surface area contributed by atoms with Crippen molar-refractivity contribution in [2.75, 3.05) is 19.6 Å². The standard InChI is InChI=1S/C15H30N4/c1-5-14-10-15(19(6-2)18-14)12-17-9-7-8-16-11-13(3)4/h10,13,16-17H,5-9,11-12H2,1-4H3. The van der Waals surface area contributed by atoms with Crippen LogP contribution >= 0.6 is 0 Å². The van der Waals surface area contributed by atoms with E-state index in [0.29, 0.717) is 0 Å². The van der Waals surface area contributed by atoms with E-state index in [1.165, 1.54) is 17.8 Å². The largest absolute Gasteiger partial charge is 0.316 e. The van der Waals surface area contributed by atoms with Crippen LogP contribution in [0.2, 0.25) is 0 Å². The molecular formula is C15H30N4. The molecule has 0 aliphatic carbocycles. The van der Waals surface area contributed by atoms with E-state index in [9.17, 15) is 0 Å². The lowest BCUT2D eigenvalue weighted by molar-refractivity contribution is 0.522. The minimum atomic E-state index is 0.735.